The minimum Gasteiger partial charge on any atom is -0.134 e. The molecule has 1 aliphatic rings. The molecule has 0 nitrogen and oxygen atoms in total. The molecule has 1 fully saturated rings. The van der Waals surface area contributed by atoms with Gasteiger partial charge in [0, 0.05) is 0 Å². The molecule has 4 atom stereocenters. The van der Waals surface area contributed by atoms with Gasteiger partial charge < -0.3 is 0 Å². The highest BCUT2D eigenvalue weighted by Crippen LogP contribution is 2.38. The van der Waals surface area contributed by atoms with E-state index in [-0.39, 0.29) is 0 Å². The SMILES string of the molecule is C=C(C)C[C@H]1CC(P)CC1C. The van der Waals surface area contributed by atoms with Crippen LogP contribution in [0.3, 0.4) is 0 Å². The lowest BCUT2D eigenvalue weighted by atomic mass is 9.92. The molecule has 0 aromatic rings. The number of hydrogen-bond acceptors (Lipinski definition) is 0. The summed E-state index contributed by atoms with van der Waals surface area (Å²) in [6.45, 7) is 8.49. The summed E-state index contributed by atoms with van der Waals surface area (Å²) in [7, 11) is 2.95. The molecule has 0 aromatic carbocycles. The summed E-state index contributed by atoms with van der Waals surface area (Å²) < 4.78 is 0. The fourth-order valence-electron chi connectivity index (χ4n) is 2.12. The van der Waals surface area contributed by atoms with Gasteiger partial charge in [-0.1, -0.05) is 12.5 Å². The second-order valence-corrected chi connectivity index (χ2v) is 5.07. The molecule has 1 heteroatoms. The summed E-state index contributed by atoms with van der Waals surface area (Å²) in [4.78, 5) is 0. The molecule has 0 amide bonds. The zero-order valence-electron chi connectivity index (χ0n) is 7.64. The van der Waals surface area contributed by atoms with E-state index in [2.05, 4.69) is 29.7 Å². The van der Waals surface area contributed by atoms with Crippen molar-refractivity contribution in [1.82, 2.24) is 0 Å². The molecule has 64 valence electrons. The van der Waals surface area contributed by atoms with Crippen molar-refractivity contribution in [3.8, 4) is 0 Å². The monoisotopic (exact) mass is 170 g/mol. The van der Waals surface area contributed by atoms with Crippen LogP contribution in [0.25, 0.3) is 0 Å². The van der Waals surface area contributed by atoms with Crippen molar-refractivity contribution in [3.63, 3.8) is 0 Å². The van der Waals surface area contributed by atoms with Gasteiger partial charge in [0.25, 0.3) is 0 Å². The third kappa shape index (κ3) is 2.60. The third-order valence-corrected chi connectivity index (χ3v) is 3.24. The predicted octanol–water partition coefficient (Wildman–Crippen LogP) is 3.24. The van der Waals surface area contributed by atoms with Gasteiger partial charge in [0.1, 0.15) is 0 Å². The number of hydrogen-bond donors (Lipinski definition) is 0. The summed E-state index contributed by atoms with van der Waals surface area (Å²) in [5.74, 6) is 1.82. The third-order valence-electron chi connectivity index (χ3n) is 2.70. The van der Waals surface area contributed by atoms with Crippen molar-refractivity contribution in [2.45, 2.75) is 38.8 Å². The fraction of sp³-hybridized carbons (Fsp3) is 0.800. The van der Waals surface area contributed by atoms with E-state index in [9.17, 15) is 0 Å². The van der Waals surface area contributed by atoms with E-state index in [1.807, 2.05) is 0 Å². The van der Waals surface area contributed by atoms with Crippen molar-refractivity contribution in [2.75, 3.05) is 0 Å². The normalized spacial score (nSPS) is 37.5. The van der Waals surface area contributed by atoms with Gasteiger partial charge in [-0.15, -0.1) is 15.8 Å². The summed E-state index contributed by atoms with van der Waals surface area (Å²) >= 11 is 0. The van der Waals surface area contributed by atoms with Crippen molar-refractivity contribution in [3.05, 3.63) is 12.2 Å². The molecule has 3 unspecified atom stereocenters. The standard InChI is InChI=1S/C10H19P/c1-7(2)4-9-6-10(11)5-8(9)3/h8-10H,1,4-6,11H2,2-3H3/t8?,9-,10?/m0/s1. The minimum atomic E-state index is 0.870. The molecule has 0 bridgehead atoms. The lowest BCUT2D eigenvalue weighted by Crippen LogP contribution is -2.03. The van der Waals surface area contributed by atoms with E-state index < -0.39 is 0 Å². The van der Waals surface area contributed by atoms with Crippen LogP contribution in [0.5, 0.6) is 0 Å². The molecule has 0 saturated heterocycles. The maximum atomic E-state index is 3.97. The largest absolute Gasteiger partial charge is 0.134 e. The summed E-state index contributed by atoms with van der Waals surface area (Å²) in [6.07, 6.45) is 4.02. The van der Waals surface area contributed by atoms with Gasteiger partial charge in [-0.05, 0) is 43.7 Å². The highest BCUT2D eigenvalue weighted by atomic mass is 31.0. The molecular formula is C10H19P. The molecule has 0 aliphatic heterocycles. The van der Waals surface area contributed by atoms with Gasteiger partial charge in [0.2, 0.25) is 0 Å². The van der Waals surface area contributed by atoms with E-state index in [0.29, 0.717) is 0 Å². The van der Waals surface area contributed by atoms with Gasteiger partial charge in [-0.25, -0.2) is 0 Å². The number of rotatable bonds is 2. The van der Waals surface area contributed by atoms with Crippen molar-refractivity contribution in [1.29, 1.82) is 0 Å². The molecule has 0 aromatic heterocycles. The highest BCUT2D eigenvalue weighted by Gasteiger charge is 2.28. The van der Waals surface area contributed by atoms with Crippen LogP contribution in [0.4, 0.5) is 0 Å². The van der Waals surface area contributed by atoms with Crippen LogP contribution in [0.2, 0.25) is 0 Å². The van der Waals surface area contributed by atoms with Gasteiger partial charge in [-0.2, -0.15) is 0 Å². The average molecular weight is 170 g/mol. The van der Waals surface area contributed by atoms with Crippen LogP contribution < -0.4 is 0 Å². The Morgan fingerprint density at radius 1 is 1.55 bits per heavy atom. The molecule has 0 spiro atoms. The smallest absolute Gasteiger partial charge is 0.0259 e. The Labute approximate surface area is 72.7 Å². The van der Waals surface area contributed by atoms with Crippen LogP contribution in [0.1, 0.15) is 33.1 Å². The maximum Gasteiger partial charge on any atom is -0.0259 e. The van der Waals surface area contributed by atoms with Gasteiger partial charge >= 0.3 is 0 Å². The van der Waals surface area contributed by atoms with E-state index in [4.69, 9.17) is 0 Å². The Bertz CT molecular complexity index is 151. The van der Waals surface area contributed by atoms with Gasteiger partial charge in [0.15, 0.2) is 0 Å². The first-order chi connectivity index (χ1) is 5.09. The Kier molecular flexibility index (Phi) is 3.13. The van der Waals surface area contributed by atoms with E-state index in [1.165, 1.54) is 24.8 Å². The molecular weight excluding hydrogens is 151 g/mol. The Hall–Kier alpha value is 0.170. The van der Waals surface area contributed by atoms with Crippen LogP contribution in [0.15, 0.2) is 12.2 Å². The predicted molar refractivity (Wildman–Crippen MR) is 54.8 cm³/mol. The zero-order chi connectivity index (χ0) is 8.43. The average Bonchev–Trinajstić information content (AvgIpc) is 2.09. The lowest BCUT2D eigenvalue weighted by Gasteiger charge is -2.14. The molecule has 1 aliphatic carbocycles. The molecule has 1 saturated carbocycles. The van der Waals surface area contributed by atoms with Crippen LogP contribution in [-0.4, -0.2) is 5.66 Å². The topological polar surface area (TPSA) is 0 Å². The van der Waals surface area contributed by atoms with E-state index in [1.54, 1.807) is 0 Å². The Morgan fingerprint density at radius 3 is 2.55 bits per heavy atom. The van der Waals surface area contributed by atoms with E-state index >= 15 is 0 Å². The highest BCUT2D eigenvalue weighted by molar-refractivity contribution is 7.17. The summed E-state index contributed by atoms with van der Waals surface area (Å²) in [5, 5.41) is 0. The molecule has 0 N–H and O–H groups in total. The Balaban J connectivity index is 2.40. The first kappa shape index (κ1) is 9.26. The van der Waals surface area contributed by atoms with E-state index in [0.717, 1.165) is 17.5 Å². The minimum absolute atomic E-state index is 0.870. The van der Waals surface area contributed by atoms with Gasteiger partial charge in [0.05, 0.1) is 0 Å². The van der Waals surface area contributed by atoms with Gasteiger partial charge in [-0.3, -0.25) is 0 Å². The lowest BCUT2D eigenvalue weighted by molar-refractivity contribution is 0.416. The maximum absolute atomic E-state index is 3.97. The first-order valence-electron chi connectivity index (χ1n) is 4.49. The molecule has 0 heterocycles. The quantitative estimate of drug-likeness (QED) is 0.441. The summed E-state index contributed by atoms with van der Waals surface area (Å²) in [6, 6.07) is 0. The second-order valence-electron chi connectivity index (χ2n) is 4.13. The fourth-order valence-corrected chi connectivity index (χ4v) is 2.90. The van der Waals surface area contributed by atoms with Crippen molar-refractivity contribution >= 4 is 9.24 Å². The summed E-state index contributed by atoms with van der Waals surface area (Å²) in [5.41, 5.74) is 2.22. The Morgan fingerprint density at radius 2 is 2.18 bits per heavy atom. The zero-order valence-corrected chi connectivity index (χ0v) is 8.79. The molecule has 0 radical (unpaired) electrons. The number of allylic oxidation sites excluding steroid dienone is 1. The van der Waals surface area contributed by atoms with Crippen LogP contribution >= 0.6 is 9.24 Å². The first-order valence-corrected chi connectivity index (χ1v) is 5.16. The van der Waals surface area contributed by atoms with Crippen LogP contribution in [-0.2, 0) is 0 Å². The molecule has 1 rings (SSSR count). The van der Waals surface area contributed by atoms with Crippen molar-refractivity contribution in [2.24, 2.45) is 11.8 Å². The molecule has 11 heavy (non-hydrogen) atoms. The second kappa shape index (κ2) is 3.72. The van der Waals surface area contributed by atoms with Crippen molar-refractivity contribution < 1.29 is 0 Å². The van der Waals surface area contributed by atoms with Crippen LogP contribution in [0, 0.1) is 11.8 Å².